The Hall–Kier alpha value is -1.44. The van der Waals surface area contributed by atoms with Crippen LogP contribution in [0.1, 0.15) is 5.56 Å². The first-order valence-corrected chi connectivity index (χ1v) is 6.00. The van der Waals surface area contributed by atoms with Crippen LogP contribution < -0.4 is 5.14 Å². The van der Waals surface area contributed by atoms with Crippen molar-refractivity contribution in [3.05, 3.63) is 30.1 Å². The SMILES string of the molecule is Cn1cnc2cc(COS(N)(=O)=O)ccc21. The van der Waals surface area contributed by atoms with Gasteiger partial charge in [-0.2, -0.15) is 8.42 Å². The van der Waals surface area contributed by atoms with E-state index in [1.54, 1.807) is 18.5 Å². The topological polar surface area (TPSA) is 87.2 Å². The third kappa shape index (κ3) is 2.38. The molecule has 0 spiro atoms. The first-order chi connectivity index (χ1) is 7.46. The van der Waals surface area contributed by atoms with E-state index in [2.05, 4.69) is 9.17 Å². The fourth-order valence-electron chi connectivity index (χ4n) is 1.42. The van der Waals surface area contributed by atoms with Crippen molar-refractivity contribution in [2.45, 2.75) is 6.61 Å². The van der Waals surface area contributed by atoms with Crippen LogP contribution in [0.15, 0.2) is 24.5 Å². The zero-order valence-electron chi connectivity index (χ0n) is 8.62. The Balaban J connectivity index is 2.26. The maximum atomic E-state index is 10.6. The lowest BCUT2D eigenvalue weighted by atomic mass is 10.2. The van der Waals surface area contributed by atoms with Crippen LogP contribution in [-0.4, -0.2) is 18.0 Å². The monoisotopic (exact) mass is 241 g/mol. The lowest BCUT2D eigenvalue weighted by Gasteiger charge is -2.01. The van der Waals surface area contributed by atoms with E-state index in [0.29, 0.717) is 5.56 Å². The molecule has 2 N–H and O–H groups in total. The molecule has 2 aromatic rings. The van der Waals surface area contributed by atoms with Gasteiger partial charge in [-0.3, -0.25) is 4.18 Å². The predicted octanol–water partition coefficient (Wildman–Crippen LogP) is 0.293. The van der Waals surface area contributed by atoms with Gasteiger partial charge in [0.2, 0.25) is 0 Å². The third-order valence-electron chi connectivity index (χ3n) is 2.18. The smallest absolute Gasteiger partial charge is 0.333 e. The van der Waals surface area contributed by atoms with Crippen LogP contribution in [0.5, 0.6) is 0 Å². The van der Waals surface area contributed by atoms with Crippen molar-refractivity contribution in [3.63, 3.8) is 0 Å². The minimum Gasteiger partial charge on any atom is -0.334 e. The van der Waals surface area contributed by atoms with Gasteiger partial charge in [0, 0.05) is 7.05 Å². The summed E-state index contributed by atoms with van der Waals surface area (Å²) in [7, 11) is -2.01. The molecule has 0 saturated carbocycles. The largest absolute Gasteiger partial charge is 0.334 e. The van der Waals surface area contributed by atoms with Crippen LogP contribution >= 0.6 is 0 Å². The zero-order chi connectivity index (χ0) is 11.8. The molecule has 0 saturated heterocycles. The number of aryl methyl sites for hydroxylation is 1. The van der Waals surface area contributed by atoms with E-state index >= 15 is 0 Å². The van der Waals surface area contributed by atoms with Gasteiger partial charge < -0.3 is 4.57 Å². The summed E-state index contributed by atoms with van der Waals surface area (Å²) in [4.78, 5) is 4.15. The number of imidazole rings is 1. The van der Waals surface area contributed by atoms with Crippen molar-refractivity contribution >= 4 is 21.3 Å². The van der Waals surface area contributed by atoms with E-state index < -0.39 is 10.3 Å². The zero-order valence-corrected chi connectivity index (χ0v) is 9.44. The summed E-state index contributed by atoms with van der Waals surface area (Å²) in [6.45, 7) is -0.0780. The molecule has 1 aromatic carbocycles. The quantitative estimate of drug-likeness (QED) is 0.836. The summed E-state index contributed by atoms with van der Waals surface area (Å²) in [6, 6.07) is 5.39. The number of aromatic nitrogens is 2. The Labute approximate surface area is 92.9 Å². The van der Waals surface area contributed by atoms with E-state index in [1.807, 2.05) is 17.7 Å². The second-order valence-corrected chi connectivity index (χ2v) is 4.65. The van der Waals surface area contributed by atoms with Gasteiger partial charge in [-0.1, -0.05) is 6.07 Å². The molecule has 0 radical (unpaired) electrons. The molecule has 0 bridgehead atoms. The lowest BCUT2D eigenvalue weighted by molar-refractivity contribution is 0.309. The highest BCUT2D eigenvalue weighted by Gasteiger charge is 2.05. The van der Waals surface area contributed by atoms with Gasteiger partial charge in [0.05, 0.1) is 24.0 Å². The Morgan fingerprint density at radius 3 is 2.94 bits per heavy atom. The maximum Gasteiger partial charge on any atom is 0.333 e. The Morgan fingerprint density at radius 1 is 1.50 bits per heavy atom. The number of fused-ring (bicyclic) bond motifs is 1. The summed E-state index contributed by atoms with van der Waals surface area (Å²) in [6.07, 6.45) is 1.69. The molecule has 6 nitrogen and oxygen atoms in total. The van der Waals surface area contributed by atoms with Crippen LogP contribution in [0.2, 0.25) is 0 Å². The molecular formula is C9H11N3O3S. The van der Waals surface area contributed by atoms with Gasteiger partial charge in [0.1, 0.15) is 0 Å². The highest BCUT2D eigenvalue weighted by molar-refractivity contribution is 7.84. The molecule has 1 heterocycles. The number of hydrogen-bond acceptors (Lipinski definition) is 4. The molecule has 0 aliphatic heterocycles. The van der Waals surface area contributed by atoms with E-state index in [9.17, 15) is 8.42 Å². The van der Waals surface area contributed by atoms with Crippen molar-refractivity contribution in [2.75, 3.05) is 0 Å². The van der Waals surface area contributed by atoms with Crippen LogP contribution in [-0.2, 0) is 28.1 Å². The number of nitrogens with zero attached hydrogens (tertiary/aromatic N) is 2. The van der Waals surface area contributed by atoms with Crippen LogP contribution in [0.4, 0.5) is 0 Å². The van der Waals surface area contributed by atoms with Crippen molar-refractivity contribution in [1.29, 1.82) is 0 Å². The second-order valence-electron chi connectivity index (χ2n) is 3.43. The van der Waals surface area contributed by atoms with Gasteiger partial charge in [-0.15, -0.1) is 0 Å². The lowest BCUT2D eigenvalue weighted by Crippen LogP contribution is -2.15. The van der Waals surface area contributed by atoms with E-state index in [0.717, 1.165) is 11.0 Å². The molecule has 16 heavy (non-hydrogen) atoms. The first kappa shape index (κ1) is 11.1. The number of nitrogens with two attached hydrogens (primary N) is 1. The molecule has 0 atom stereocenters. The van der Waals surface area contributed by atoms with Crippen molar-refractivity contribution in [2.24, 2.45) is 12.2 Å². The fraction of sp³-hybridized carbons (Fsp3) is 0.222. The summed E-state index contributed by atoms with van der Waals surface area (Å²) in [5.74, 6) is 0. The molecule has 0 unspecified atom stereocenters. The van der Waals surface area contributed by atoms with Crippen LogP contribution in [0, 0.1) is 0 Å². The standard InChI is InChI=1S/C9H11N3O3S/c1-12-6-11-8-4-7(2-3-9(8)12)5-15-16(10,13)14/h2-4,6H,5H2,1H3,(H2,10,13,14). The predicted molar refractivity (Wildman–Crippen MR) is 58.6 cm³/mol. The third-order valence-corrected chi connectivity index (χ3v) is 2.63. The molecule has 0 aliphatic carbocycles. The molecule has 1 aromatic heterocycles. The molecule has 0 amide bonds. The first-order valence-electron chi connectivity index (χ1n) is 4.53. The summed E-state index contributed by atoms with van der Waals surface area (Å²) in [5.41, 5.74) is 2.47. The second kappa shape index (κ2) is 3.85. The van der Waals surface area contributed by atoms with E-state index in [4.69, 9.17) is 5.14 Å². The summed E-state index contributed by atoms with van der Waals surface area (Å²) < 4.78 is 27.6. The van der Waals surface area contributed by atoms with Crippen LogP contribution in [0.25, 0.3) is 11.0 Å². The van der Waals surface area contributed by atoms with Gasteiger partial charge >= 0.3 is 10.3 Å². The average Bonchev–Trinajstić information content (AvgIpc) is 2.56. The molecule has 0 aliphatic rings. The summed E-state index contributed by atoms with van der Waals surface area (Å²) >= 11 is 0. The molecule has 2 rings (SSSR count). The number of benzene rings is 1. The minimum absolute atomic E-state index is 0.0780. The number of rotatable bonds is 3. The van der Waals surface area contributed by atoms with Gasteiger partial charge in [0.25, 0.3) is 0 Å². The van der Waals surface area contributed by atoms with Gasteiger partial charge in [-0.05, 0) is 17.7 Å². The van der Waals surface area contributed by atoms with Crippen molar-refractivity contribution < 1.29 is 12.6 Å². The van der Waals surface area contributed by atoms with Gasteiger partial charge in [0.15, 0.2) is 0 Å². The maximum absolute atomic E-state index is 10.6. The fourth-order valence-corrected chi connectivity index (χ4v) is 1.72. The molecule has 7 heteroatoms. The van der Waals surface area contributed by atoms with Crippen LogP contribution in [0.3, 0.4) is 0 Å². The Morgan fingerprint density at radius 2 is 2.25 bits per heavy atom. The van der Waals surface area contributed by atoms with Crippen molar-refractivity contribution in [1.82, 2.24) is 9.55 Å². The highest BCUT2D eigenvalue weighted by Crippen LogP contribution is 2.14. The Kier molecular flexibility index (Phi) is 2.66. The van der Waals surface area contributed by atoms with Crippen molar-refractivity contribution in [3.8, 4) is 0 Å². The highest BCUT2D eigenvalue weighted by atomic mass is 32.2. The van der Waals surface area contributed by atoms with E-state index in [1.165, 1.54) is 0 Å². The number of hydrogen-bond donors (Lipinski definition) is 1. The van der Waals surface area contributed by atoms with Gasteiger partial charge in [-0.25, -0.2) is 10.1 Å². The molecule has 0 fully saturated rings. The molecule has 86 valence electrons. The minimum atomic E-state index is -3.90. The van der Waals surface area contributed by atoms with E-state index in [-0.39, 0.29) is 6.61 Å². The molecular weight excluding hydrogens is 230 g/mol. The normalized spacial score (nSPS) is 12.1. The summed E-state index contributed by atoms with van der Waals surface area (Å²) in [5, 5.41) is 4.73. The average molecular weight is 241 g/mol. The Bertz CT molecular complexity index is 618.